The van der Waals surface area contributed by atoms with E-state index in [0.717, 1.165) is 5.41 Å². The molecule has 0 aromatic carbocycles. The normalized spacial score (nSPS) is 28.4. The molecule has 0 heterocycles. The molecule has 3 heteroatoms. The number of hydrogen-bond acceptors (Lipinski definition) is 2. The van der Waals surface area contributed by atoms with Crippen molar-refractivity contribution in [3.63, 3.8) is 0 Å². The standard InChI is InChI=1S/C15H23ClO2/c1-13(2,16)12(17)18-8-11-6-15(7-11)9-14(10-15)4-3-5-14/h11H,3-10H2,1-2H3. The molecule has 0 saturated heterocycles. The number of halogens is 1. The largest absolute Gasteiger partial charge is 0.464 e. The Morgan fingerprint density at radius 1 is 1.28 bits per heavy atom. The first-order valence-electron chi connectivity index (χ1n) is 7.19. The zero-order valence-corrected chi connectivity index (χ0v) is 12.2. The summed E-state index contributed by atoms with van der Waals surface area (Å²) in [4.78, 5) is 10.7. The Morgan fingerprint density at radius 2 is 1.89 bits per heavy atom. The van der Waals surface area contributed by atoms with Gasteiger partial charge in [-0.2, -0.15) is 0 Å². The molecule has 0 amide bonds. The van der Waals surface area contributed by atoms with Crippen molar-refractivity contribution >= 4 is 17.6 Å². The van der Waals surface area contributed by atoms with Crippen LogP contribution in [0.15, 0.2) is 0 Å². The molecule has 0 aliphatic heterocycles. The molecule has 3 aliphatic carbocycles. The van der Waals surface area contributed by atoms with E-state index in [1.807, 2.05) is 0 Å². The van der Waals surface area contributed by atoms with Gasteiger partial charge < -0.3 is 4.74 Å². The molecule has 0 aromatic rings. The van der Waals surface area contributed by atoms with Crippen LogP contribution in [0.4, 0.5) is 0 Å². The predicted octanol–water partition coefficient (Wildman–Crippen LogP) is 3.91. The zero-order chi connectivity index (χ0) is 13.0. The molecule has 3 fully saturated rings. The lowest BCUT2D eigenvalue weighted by atomic mass is 9.38. The van der Waals surface area contributed by atoms with Gasteiger partial charge in [-0.3, -0.25) is 4.79 Å². The molecule has 102 valence electrons. The molecule has 0 radical (unpaired) electrons. The van der Waals surface area contributed by atoms with Crippen LogP contribution in [0.1, 0.15) is 58.8 Å². The lowest BCUT2D eigenvalue weighted by molar-refractivity contribution is -0.178. The fourth-order valence-electron chi connectivity index (χ4n) is 4.51. The van der Waals surface area contributed by atoms with E-state index >= 15 is 0 Å². The fraction of sp³-hybridized carbons (Fsp3) is 0.933. The first-order valence-corrected chi connectivity index (χ1v) is 7.57. The summed E-state index contributed by atoms with van der Waals surface area (Å²) in [6.45, 7) is 3.95. The zero-order valence-electron chi connectivity index (χ0n) is 11.4. The van der Waals surface area contributed by atoms with Gasteiger partial charge in [0.1, 0.15) is 4.87 Å². The minimum absolute atomic E-state index is 0.283. The predicted molar refractivity (Wildman–Crippen MR) is 71.6 cm³/mol. The van der Waals surface area contributed by atoms with Gasteiger partial charge in [0.2, 0.25) is 0 Å². The fourth-order valence-corrected chi connectivity index (χ4v) is 4.56. The van der Waals surface area contributed by atoms with Gasteiger partial charge >= 0.3 is 5.97 Å². The van der Waals surface area contributed by atoms with Crippen molar-refractivity contribution < 1.29 is 9.53 Å². The molecule has 3 saturated carbocycles. The number of alkyl halides is 1. The Labute approximate surface area is 114 Å². The maximum atomic E-state index is 11.6. The second kappa shape index (κ2) is 3.88. The van der Waals surface area contributed by atoms with E-state index in [4.69, 9.17) is 16.3 Å². The monoisotopic (exact) mass is 270 g/mol. The Morgan fingerprint density at radius 3 is 2.33 bits per heavy atom. The molecular formula is C15H23ClO2. The van der Waals surface area contributed by atoms with E-state index in [9.17, 15) is 4.79 Å². The van der Waals surface area contributed by atoms with Crippen molar-refractivity contribution in [1.82, 2.24) is 0 Å². The van der Waals surface area contributed by atoms with Gasteiger partial charge in [-0.25, -0.2) is 0 Å². The third kappa shape index (κ3) is 2.07. The average Bonchev–Trinajstić information content (AvgIpc) is 2.08. The minimum atomic E-state index is -0.881. The Kier molecular flexibility index (Phi) is 2.75. The van der Waals surface area contributed by atoms with Crippen LogP contribution in [0.3, 0.4) is 0 Å². The summed E-state index contributed by atoms with van der Waals surface area (Å²) in [5, 5.41) is 0. The summed E-state index contributed by atoms with van der Waals surface area (Å²) in [6, 6.07) is 0. The Balaban J connectivity index is 1.38. The van der Waals surface area contributed by atoms with E-state index in [1.165, 1.54) is 44.9 Å². The van der Waals surface area contributed by atoms with Gasteiger partial charge in [-0.1, -0.05) is 6.42 Å². The topological polar surface area (TPSA) is 26.3 Å². The van der Waals surface area contributed by atoms with Gasteiger partial charge in [0.25, 0.3) is 0 Å². The van der Waals surface area contributed by atoms with Crippen LogP contribution in [0, 0.1) is 16.7 Å². The molecule has 3 aliphatic rings. The highest BCUT2D eigenvalue weighted by atomic mass is 35.5. The first kappa shape index (κ1) is 12.8. The molecule has 2 nitrogen and oxygen atoms in total. The molecule has 0 bridgehead atoms. The molecule has 18 heavy (non-hydrogen) atoms. The smallest absolute Gasteiger partial charge is 0.326 e. The second-order valence-corrected chi connectivity index (χ2v) is 8.50. The first-order chi connectivity index (χ1) is 8.33. The molecule has 2 spiro atoms. The van der Waals surface area contributed by atoms with Crippen LogP contribution in [-0.2, 0) is 9.53 Å². The van der Waals surface area contributed by atoms with Gasteiger partial charge in [0.15, 0.2) is 0 Å². The van der Waals surface area contributed by atoms with Crippen molar-refractivity contribution in [2.75, 3.05) is 6.61 Å². The van der Waals surface area contributed by atoms with E-state index in [-0.39, 0.29) is 5.97 Å². The molecule has 0 unspecified atom stereocenters. The highest BCUT2D eigenvalue weighted by Crippen LogP contribution is 2.72. The van der Waals surface area contributed by atoms with Crippen LogP contribution in [0.2, 0.25) is 0 Å². The number of carbonyl (C=O) groups is 1. The summed E-state index contributed by atoms with van der Waals surface area (Å²) >= 11 is 5.91. The van der Waals surface area contributed by atoms with Crippen molar-refractivity contribution in [3.8, 4) is 0 Å². The van der Waals surface area contributed by atoms with E-state index < -0.39 is 4.87 Å². The van der Waals surface area contributed by atoms with Gasteiger partial charge in [0, 0.05) is 0 Å². The van der Waals surface area contributed by atoms with E-state index in [1.54, 1.807) is 13.8 Å². The van der Waals surface area contributed by atoms with E-state index in [2.05, 4.69) is 0 Å². The SMILES string of the molecule is CC(C)(Cl)C(=O)OCC1CC2(C1)CC1(CCC1)C2. The highest BCUT2D eigenvalue weighted by Gasteiger charge is 2.61. The van der Waals surface area contributed by atoms with Crippen molar-refractivity contribution in [2.45, 2.75) is 63.7 Å². The molecular weight excluding hydrogens is 248 g/mol. The van der Waals surface area contributed by atoms with Gasteiger partial charge in [-0.15, -0.1) is 11.6 Å². The molecule has 0 N–H and O–H groups in total. The third-order valence-corrected chi connectivity index (χ3v) is 5.45. The summed E-state index contributed by atoms with van der Waals surface area (Å²) in [7, 11) is 0. The summed E-state index contributed by atoms with van der Waals surface area (Å²) in [6.07, 6.45) is 9.82. The third-order valence-electron chi connectivity index (χ3n) is 5.29. The molecule has 3 rings (SSSR count). The van der Waals surface area contributed by atoms with E-state index in [0.29, 0.717) is 17.9 Å². The minimum Gasteiger partial charge on any atom is -0.464 e. The van der Waals surface area contributed by atoms with Crippen LogP contribution < -0.4 is 0 Å². The Bertz CT molecular complexity index is 349. The number of hydrogen-bond donors (Lipinski definition) is 0. The quantitative estimate of drug-likeness (QED) is 0.574. The summed E-state index contributed by atoms with van der Waals surface area (Å²) in [5.41, 5.74) is 1.41. The number of ether oxygens (including phenoxy) is 1. The highest BCUT2D eigenvalue weighted by molar-refractivity contribution is 6.33. The number of rotatable bonds is 3. The second-order valence-electron chi connectivity index (χ2n) is 7.55. The maximum Gasteiger partial charge on any atom is 0.326 e. The number of carbonyl (C=O) groups excluding carboxylic acids is 1. The number of esters is 1. The summed E-state index contributed by atoms with van der Waals surface area (Å²) < 4.78 is 5.29. The Hall–Kier alpha value is -0.240. The molecule has 0 aromatic heterocycles. The maximum absolute atomic E-state index is 11.6. The van der Waals surface area contributed by atoms with Crippen LogP contribution in [0.25, 0.3) is 0 Å². The van der Waals surface area contributed by atoms with Gasteiger partial charge in [0.05, 0.1) is 6.61 Å². The lowest BCUT2D eigenvalue weighted by Gasteiger charge is -2.67. The summed E-state index contributed by atoms with van der Waals surface area (Å²) in [5.74, 6) is 0.305. The van der Waals surface area contributed by atoms with Crippen molar-refractivity contribution in [3.05, 3.63) is 0 Å². The van der Waals surface area contributed by atoms with Crippen LogP contribution in [0.5, 0.6) is 0 Å². The van der Waals surface area contributed by atoms with Crippen LogP contribution in [-0.4, -0.2) is 17.5 Å². The lowest BCUT2D eigenvalue weighted by Crippen LogP contribution is -2.57. The molecule has 0 atom stereocenters. The average molecular weight is 271 g/mol. The van der Waals surface area contributed by atoms with Crippen molar-refractivity contribution in [1.29, 1.82) is 0 Å². The van der Waals surface area contributed by atoms with Crippen molar-refractivity contribution in [2.24, 2.45) is 16.7 Å². The van der Waals surface area contributed by atoms with Crippen LogP contribution >= 0.6 is 11.6 Å². The van der Waals surface area contributed by atoms with Gasteiger partial charge in [-0.05, 0) is 69.1 Å².